The van der Waals surface area contributed by atoms with Crippen LogP contribution in [-0.4, -0.2) is 12.6 Å². The highest BCUT2D eigenvalue weighted by Crippen LogP contribution is 1.95. The van der Waals surface area contributed by atoms with E-state index < -0.39 is 5.97 Å². The summed E-state index contributed by atoms with van der Waals surface area (Å²) in [7, 11) is 0. The van der Waals surface area contributed by atoms with Crippen LogP contribution in [-0.2, 0) is 9.53 Å². The third kappa shape index (κ3) is 5.45. The molecule has 0 aromatic heterocycles. The normalized spacial score (nSPS) is 9.18. The van der Waals surface area contributed by atoms with Crippen molar-refractivity contribution >= 4 is 5.97 Å². The van der Waals surface area contributed by atoms with Crippen LogP contribution in [0.2, 0.25) is 0 Å². The average molecular weight is 157 g/mol. The van der Waals surface area contributed by atoms with Crippen molar-refractivity contribution < 1.29 is 9.53 Å². The van der Waals surface area contributed by atoms with E-state index in [0.29, 0.717) is 6.61 Å². The highest BCUT2D eigenvalue weighted by Gasteiger charge is 2.01. The number of esters is 1. The van der Waals surface area contributed by atoms with Crippen molar-refractivity contribution in [2.45, 2.75) is 26.2 Å². The second-order valence-electron chi connectivity index (χ2n) is 2.37. The van der Waals surface area contributed by atoms with E-state index in [2.05, 4.69) is 13.5 Å². The van der Waals surface area contributed by atoms with Crippen LogP contribution < -0.4 is 5.73 Å². The zero-order chi connectivity index (χ0) is 8.69. The second kappa shape index (κ2) is 5.77. The van der Waals surface area contributed by atoms with Gasteiger partial charge in [-0.15, -0.1) is 0 Å². The highest BCUT2D eigenvalue weighted by molar-refractivity contribution is 5.86. The maximum atomic E-state index is 10.7. The Morgan fingerprint density at radius 1 is 1.55 bits per heavy atom. The Morgan fingerprint density at radius 3 is 2.64 bits per heavy atom. The smallest absolute Gasteiger partial charge is 0.353 e. The zero-order valence-electron chi connectivity index (χ0n) is 6.93. The first-order valence-electron chi connectivity index (χ1n) is 3.80. The minimum Gasteiger partial charge on any atom is -0.461 e. The van der Waals surface area contributed by atoms with E-state index in [1.807, 2.05) is 0 Å². The van der Waals surface area contributed by atoms with E-state index in [9.17, 15) is 4.79 Å². The van der Waals surface area contributed by atoms with Crippen molar-refractivity contribution in [2.24, 2.45) is 5.73 Å². The Balaban J connectivity index is 3.25. The van der Waals surface area contributed by atoms with Crippen molar-refractivity contribution in [3.63, 3.8) is 0 Å². The molecule has 2 N–H and O–H groups in total. The third-order valence-electron chi connectivity index (χ3n) is 1.24. The van der Waals surface area contributed by atoms with Gasteiger partial charge in [0.15, 0.2) is 0 Å². The molecule has 64 valence electrons. The van der Waals surface area contributed by atoms with E-state index >= 15 is 0 Å². The summed E-state index contributed by atoms with van der Waals surface area (Å²) in [5, 5.41) is 0. The molecule has 0 radical (unpaired) electrons. The molecule has 0 aromatic rings. The second-order valence-corrected chi connectivity index (χ2v) is 2.37. The number of nitrogens with two attached hydrogens (primary N) is 1. The van der Waals surface area contributed by atoms with E-state index in [-0.39, 0.29) is 5.70 Å². The van der Waals surface area contributed by atoms with Crippen LogP contribution in [0.15, 0.2) is 12.3 Å². The number of ether oxygens (including phenoxy) is 1. The van der Waals surface area contributed by atoms with Gasteiger partial charge in [0.25, 0.3) is 0 Å². The first-order chi connectivity index (χ1) is 5.18. The maximum Gasteiger partial charge on any atom is 0.353 e. The van der Waals surface area contributed by atoms with E-state index in [4.69, 9.17) is 10.5 Å². The van der Waals surface area contributed by atoms with E-state index in [1.54, 1.807) is 0 Å². The van der Waals surface area contributed by atoms with Crippen LogP contribution in [0.5, 0.6) is 0 Å². The molecule has 0 spiro atoms. The van der Waals surface area contributed by atoms with Crippen LogP contribution in [0.3, 0.4) is 0 Å². The average Bonchev–Trinajstić information content (AvgIpc) is 1.97. The van der Waals surface area contributed by atoms with Gasteiger partial charge >= 0.3 is 5.97 Å². The summed E-state index contributed by atoms with van der Waals surface area (Å²) < 4.78 is 4.74. The lowest BCUT2D eigenvalue weighted by molar-refractivity contribution is -0.139. The Labute approximate surface area is 67.2 Å². The Bertz CT molecular complexity index is 143. The van der Waals surface area contributed by atoms with Gasteiger partial charge in [-0.2, -0.15) is 0 Å². The molecular weight excluding hydrogens is 142 g/mol. The van der Waals surface area contributed by atoms with Crippen LogP contribution >= 0.6 is 0 Å². The van der Waals surface area contributed by atoms with Gasteiger partial charge in [0.2, 0.25) is 0 Å². The number of carbonyl (C=O) groups is 1. The quantitative estimate of drug-likeness (QED) is 0.370. The highest BCUT2D eigenvalue weighted by atomic mass is 16.5. The van der Waals surface area contributed by atoms with E-state index in [1.165, 1.54) is 0 Å². The molecule has 0 aliphatic rings. The molecule has 0 unspecified atom stereocenters. The summed E-state index contributed by atoms with van der Waals surface area (Å²) in [6.07, 6.45) is 3.08. The van der Waals surface area contributed by atoms with Gasteiger partial charge in [-0.05, 0) is 6.42 Å². The fraction of sp³-hybridized carbons (Fsp3) is 0.625. The van der Waals surface area contributed by atoms with Gasteiger partial charge in [0.1, 0.15) is 5.70 Å². The van der Waals surface area contributed by atoms with Gasteiger partial charge in [-0.1, -0.05) is 26.3 Å². The molecule has 0 saturated carbocycles. The molecule has 0 fully saturated rings. The predicted molar refractivity (Wildman–Crippen MR) is 43.8 cm³/mol. The zero-order valence-corrected chi connectivity index (χ0v) is 6.93. The minimum absolute atomic E-state index is 0.0264. The SMILES string of the molecule is C=C(N)C(=O)OCCCCC. The molecule has 3 heteroatoms. The number of hydrogen-bond donors (Lipinski definition) is 1. The molecule has 0 heterocycles. The first kappa shape index (κ1) is 10.0. The van der Waals surface area contributed by atoms with Gasteiger partial charge in [0, 0.05) is 0 Å². The molecule has 0 atom stereocenters. The Morgan fingerprint density at radius 2 is 2.18 bits per heavy atom. The Hall–Kier alpha value is -0.990. The van der Waals surface area contributed by atoms with Crippen LogP contribution in [0.25, 0.3) is 0 Å². The molecule has 0 amide bonds. The van der Waals surface area contributed by atoms with Crippen molar-refractivity contribution in [3.05, 3.63) is 12.3 Å². The first-order valence-corrected chi connectivity index (χ1v) is 3.80. The van der Waals surface area contributed by atoms with Crippen LogP contribution in [0.4, 0.5) is 0 Å². The molecule has 11 heavy (non-hydrogen) atoms. The largest absolute Gasteiger partial charge is 0.461 e. The van der Waals surface area contributed by atoms with Crippen molar-refractivity contribution in [2.75, 3.05) is 6.61 Å². The summed E-state index contributed by atoms with van der Waals surface area (Å²) >= 11 is 0. The predicted octanol–water partition coefficient (Wildman–Crippen LogP) is 1.19. The van der Waals surface area contributed by atoms with Gasteiger partial charge in [-0.25, -0.2) is 4.79 Å². The number of rotatable bonds is 5. The summed E-state index contributed by atoms with van der Waals surface area (Å²) in [6, 6.07) is 0. The minimum atomic E-state index is -0.499. The maximum absolute atomic E-state index is 10.7. The fourth-order valence-corrected chi connectivity index (χ4v) is 0.610. The Kier molecular flexibility index (Phi) is 5.25. The lowest BCUT2D eigenvalue weighted by atomic mass is 10.3. The third-order valence-corrected chi connectivity index (χ3v) is 1.24. The number of carbonyl (C=O) groups excluding carboxylic acids is 1. The summed E-state index contributed by atoms with van der Waals surface area (Å²) in [5.41, 5.74) is 5.06. The van der Waals surface area contributed by atoms with Crippen molar-refractivity contribution in [3.8, 4) is 0 Å². The molecule has 3 nitrogen and oxygen atoms in total. The molecule has 0 bridgehead atoms. The molecule has 0 rings (SSSR count). The molecule has 0 aromatic carbocycles. The van der Waals surface area contributed by atoms with Gasteiger partial charge in [0.05, 0.1) is 6.61 Å². The molecule has 0 aliphatic carbocycles. The number of unbranched alkanes of at least 4 members (excludes halogenated alkanes) is 2. The molecule has 0 aliphatic heterocycles. The van der Waals surface area contributed by atoms with Gasteiger partial charge < -0.3 is 10.5 Å². The standard InChI is InChI=1S/C8H15NO2/c1-3-4-5-6-11-8(10)7(2)9/h2-6,9H2,1H3. The van der Waals surface area contributed by atoms with Crippen LogP contribution in [0, 0.1) is 0 Å². The lowest BCUT2D eigenvalue weighted by Crippen LogP contribution is -2.13. The molecule has 0 saturated heterocycles. The topological polar surface area (TPSA) is 52.3 Å². The van der Waals surface area contributed by atoms with Crippen molar-refractivity contribution in [1.82, 2.24) is 0 Å². The summed E-state index contributed by atoms with van der Waals surface area (Å²) in [6.45, 7) is 5.79. The van der Waals surface area contributed by atoms with Crippen LogP contribution in [0.1, 0.15) is 26.2 Å². The summed E-state index contributed by atoms with van der Waals surface area (Å²) in [5.74, 6) is -0.499. The lowest BCUT2D eigenvalue weighted by Gasteiger charge is -2.02. The number of hydrogen-bond acceptors (Lipinski definition) is 3. The van der Waals surface area contributed by atoms with Gasteiger partial charge in [-0.3, -0.25) is 0 Å². The van der Waals surface area contributed by atoms with E-state index in [0.717, 1.165) is 19.3 Å². The fourth-order valence-electron chi connectivity index (χ4n) is 0.610. The summed E-state index contributed by atoms with van der Waals surface area (Å²) in [4.78, 5) is 10.7. The molecular formula is C8H15NO2. The monoisotopic (exact) mass is 157 g/mol. The van der Waals surface area contributed by atoms with Crippen molar-refractivity contribution in [1.29, 1.82) is 0 Å².